The largest absolute Gasteiger partial charge is 0.369 e. The van der Waals surface area contributed by atoms with Crippen LogP contribution in [-0.4, -0.2) is 69.7 Å². The Balaban J connectivity index is 1.76. The molecule has 1 amide bonds. The molecule has 1 aromatic heterocycles. The number of hydrogen-bond donors (Lipinski definition) is 1. The van der Waals surface area contributed by atoms with Gasteiger partial charge in [-0.3, -0.25) is 9.69 Å². The van der Waals surface area contributed by atoms with Crippen LogP contribution in [0.1, 0.15) is 25.0 Å². The average Bonchev–Trinajstić information content (AvgIpc) is 3.02. The van der Waals surface area contributed by atoms with Gasteiger partial charge in [0.2, 0.25) is 5.91 Å². The molecule has 3 rings (SSSR count). The maximum absolute atomic E-state index is 14.3. The van der Waals surface area contributed by atoms with E-state index in [4.69, 9.17) is 5.73 Å². The van der Waals surface area contributed by atoms with Crippen molar-refractivity contribution in [3.8, 4) is 5.69 Å². The van der Waals surface area contributed by atoms with Crippen LogP contribution >= 0.6 is 0 Å². The van der Waals surface area contributed by atoms with Gasteiger partial charge >= 0.3 is 0 Å². The number of aryl methyl sites for hydroxylation is 1. The number of nitrogens with zero attached hydrogens (tertiary/aromatic N) is 5. The van der Waals surface area contributed by atoms with Crippen LogP contribution in [-0.2, 0) is 17.6 Å². The second-order valence-electron chi connectivity index (χ2n) is 7.18. The minimum Gasteiger partial charge on any atom is -0.369 e. The number of benzene rings is 1. The Bertz CT molecular complexity index is 784. The summed E-state index contributed by atoms with van der Waals surface area (Å²) in [6.07, 6.45) is 1.48. The third kappa shape index (κ3) is 4.90. The molecule has 0 aliphatic carbocycles. The first-order valence-corrected chi connectivity index (χ1v) is 9.34. The van der Waals surface area contributed by atoms with Crippen LogP contribution in [0.4, 0.5) is 4.39 Å². The van der Waals surface area contributed by atoms with E-state index in [1.54, 1.807) is 18.2 Å². The van der Waals surface area contributed by atoms with E-state index >= 15 is 0 Å². The Morgan fingerprint density at radius 1 is 1.26 bits per heavy atom. The molecule has 146 valence electrons. The molecule has 0 spiro atoms. The fraction of sp³-hybridized carbons (Fsp3) is 0.526. The van der Waals surface area contributed by atoms with Crippen molar-refractivity contribution in [2.45, 2.75) is 32.2 Å². The zero-order chi connectivity index (χ0) is 19.4. The first-order chi connectivity index (χ1) is 12.9. The van der Waals surface area contributed by atoms with Crippen molar-refractivity contribution in [2.24, 2.45) is 5.73 Å². The molecule has 27 heavy (non-hydrogen) atoms. The number of nitrogens with two attached hydrogens (primary N) is 1. The molecule has 0 radical (unpaired) electrons. The molecule has 1 aliphatic rings. The molecule has 1 aromatic carbocycles. The molecule has 8 heteroatoms. The summed E-state index contributed by atoms with van der Waals surface area (Å²) >= 11 is 0. The molecule has 0 saturated carbocycles. The van der Waals surface area contributed by atoms with Crippen molar-refractivity contribution >= 4 is 5.91 Å². The molecule has 2 aromatic rings. The normalized spacial score (nSPS) is 17.1. The smallest absolute Gasteiger partial charge is 0.225 e. The quantitative estimate of drug-likeness (QED) is 0.782. The highest BCUT2D eigenvalue weighted by Crippen LogP contribution is 2.17. The van der Waals surface area contributed by atoms with Crippen molar-refractivity contribution in [1.29, 1.82) is 0 Å². The van der Waals surface area contributed by atoms with E-state index in [1.807, 2.05) is 0 Å². The van der Waals surface area contributed by atoms with Crippen molar-refractivity contribution in [3.63, 3.8) is 0 Å². The number of piperazine rings is 1. The highest BCUT2D eigenvalue weighted by Gasteiger charge is 2.21. The van der Waals surface area contributed by atoms with Crippen LogP contribution in [0.15, 0.2) is 24.3 Å². The summed E-state index contributed by atoms with van der Waals surface area (Å²) in [7, 11) is 2.14. The maximum atomic E-state index is 14.3. The van der Waals surface area contributed by atoms with Crippen LogP contribution in [0.5, 0.6) is 0 Å². The van der Waals surface area contributed by atoms with Crippen LogP contribution in [0.25, 0.3) is 5.69 Å². The first-order valence-electron chi connectivity index (χ1n) is 9.34. The number of amides is 1. The molecule has 1 fully saturated rings. The zero-order valence-corrected chi connectivity index (χ0v) is 15.9. The van der Waals surface area contributed by atoms with Crippen LogP contribution in [0.2, 0.25) is 0 Å². The van der Waals surface area contributed by atoms with E-state index in [1.165, 1.54) is 10.7 Å². The lowest BCUT2D eigenvalue weighted by molar-refractivity contribution is -0.117. The molecule has 0 bridgehead atoms. The van der Waals surface area contributed by atoms with Gasteiger partial charge in [-0.2, -0.15) is 5.10 Å². The fourth-order valence-corrected chi connectivity index (χ4v) is 3.38. The number of para-hydroxylation sites is 1. The number of rotatable bonds is 7. The Morgan fingerprint density at radius 3 is 2.63 bits per heavy atom. The lowest BCUT2D eigenvalue weighted by atomic mass is 10.1. The van der Waals surface area contributed by atoms with Gasteiger partial charge in [0.15, 0.2) is 5.82 Å². The van der Waals surface area contributed by atoms with Gasteiger partial charge in [-0.05, 0) is 32.5 Å². The van der Waals surface area contributed by atoms with Gasteiger partial charge in [0, 0.05) is 38.6 Å². The summed E-state index contributed by atoms with van der Waals surface area (Å²) in [5.41, 5.74) is 5.61. The van der Waals surface area contributed by atoms with Crippen molar-refractivity contribution in [3.05, 3.63) is 41.7 Å². The molecular weight excluding hydrogens is 347 g/mol. The summed E-state index contributed by atoms with van der Waals surface area (Å²) in [5.74, 6) is 0.102. The predicted octanol–water partition coefficient (Wildman–Crippen LogP) is 1.00. The molecule has 2 N–H and O–H groups in total. The van der Waals surface area contributed by atoms with E-state index in [2.05, 4.69) is 33.9 Å². The van der Waals surface area contributed by atoms with E-state index in [0.717, 1.165) is 32.6 Å². The van der Waals surface area contributed by atoms with Crippen LogP contribution in [0.3, 0.4) is 0 Å². The number of hydrogen-bond acceptors (Lipinski definition) is 5. The number of carbonyl (C=O) groups is 1. The van der Waals surface area contributed by atoms with E-state index in [9.17, 15) is 9.18 Å². The molecule has 1 atom stereocenters. The second-order valence-corrected chi connectivity index (χ2v) is 7.18. The highest BCUT2D eigenvalue weighted by atomic mass is 19.1. The SMILES string of the molecule is CC(CCc1nc(CC(N)=O)nn1-c1ccccc1F)N1CCN(C)CC1. The molecule has 1 saturated heterocycles. The van der Waals surface area contributed by atoms with Gasteiger partial charge in [0.05, 0.1) is 6.42 Å². The van der Waals surface area contributed by atoms with Gasteiger partial charge in [-0.25, -0.2) is 14.1 Å². The number of likely N-dealkylation sites (N-methyl/N-ethyl adjacent to an activating group) is 1. The minimum absolute atomic E-state index is 0.0531. The summed E-state index contributed by atoms with van der Waals surface area (Å²) in [4.78, 5) is 20.5. The highest BCUT2D eigenvalue weighted by molar-refractivity contribution is 5.75. The number of primary amides is 1. The van der Waals surface area contributed by atoms with E-state index in [-0.39, 0.29) is 12.2 Å². The second kappa shape index (κ2) is 8.58. The van der Waals surface area contributed by atoms with Gasteiger partial charge in [-0.1, -0.05) is 12.1 Å². The predicted molar refractivity (Wildman–Crippen MR) is 101 cm³/mol. The Kier molecular flexibility index (Phi) is 6.18. The van der Waals surface area contributed by atoms with Crippen molar-refractivity contribution in [1.82, 2.24) is 24.6 Å². The Labute approximate surface area is 159 Å². The lowest BCUT2D eigenvalue weighted by Crippen LogP contribution is -2.48. The maximum Gasteiger partial charge on any atom is 0.225 e. The minimum atomic E-state index is -0.502. The monoisotopic (exact) mass is 374 g/mol. The number of halogens is 1. The number of aromatic nitrogens is 3. The summed E-state index contributed by atoms with van der Waals surface area (Å²) in [6, 6.07) is 6.83. The van der Waals surface area contributed by atoms with Gasteiger partial charge < -0.3 is 10.6 Å². The third-order valence-electron chi connectivity index (χ3n) is 5.08. The number of carbonyl (C=O) groups excluding carboxylic acids is 1. The standard InChI is InChI=1S/C19H27FN6O/c1-14(25-11-9-24(2)10-12-25)7-8-19-22-18(13-17(21)27)23-26(19)16-6-4-3-5-15(16)20/h3-6,14H,7-13H2,1-2H3,(H2,21,27). The Hall–Kier alpha value is -2.32. The third-order valence-corrected chi connectivity index (χ3v) is 5.08. The molecule has 7 nitrogen and oxygen atoms in total. The average molecular weight is 374 g/mol. The molecular formula is C19H27FN6O. The van der Waals surface area contributed by atoms with E-state index in [0.29, 0.717) is 29.8 Å². The molecule has 2 heterocycles. The fourth-order valence-electron chi connectivity index (χ4n) is 3.38. The first kappa shape index (κ1) is 19.4. The van der Waals surface area contributed by atoms with Gasteiger partial charge in [-0.15, -0.1) is 0 Å². The van der Waals surface area contributed by atoms with Crippen LogP contribution < -0.4 is 5.73 Å². The lowest BCUT2D eigenvalue weighted by Gasteiger charge is -2.36. The van der Waals surface area contributed by atoms with Crippen LogP contribution in [0, 0.1) is 5.82 Å². The zero-order valence-electron chi connectivity index (χ0n) is 15.9. The molecule has 1 unspecified atom stereocenters. The van der Waals surface area contributed by atoms with Crippen molar-refractivity contribution in [2.75, 3.05) is 33.2 Å². The molecule has 1 aliphatic heterocycles. The van der Waals surface area contributed by atoms with Gasteiger partial charge in [0.25, 0.3) is 0 Å². The topological polar surface area (TPSA) is 80.3 Å². The summed E-state index contributed by atoms with van der Waals surface area (Å²) in [5, 5.41) is 4.33. The Morgan fingerprint density at radius 2 is 1.96 bits per heavy atom. The van der Waals surface area contributed by atoms with Crippen molar-refractivity contribution < 1.29 is 9.18 Å². The van der Waals surface area contributed by atoms with E-state index < -0.39 is 5.91 Å². The van der Waals surface area contributed by atoms with Gasteiger partial charge in [0.1, 0.15) is 17.3 Å². The summed E-state index contributed by atoms with van der Waals surface area (Å²) in [6.45, 7) is 6.44. The summed E-state index contributed by atoms with van der Waals surface area (Å²) < 4.78 is 15.8.